The molecule has 20 heavy (non-hydrogen) atoms. The number of hydrogen-bond acceptors (Lipinski definition) is 5. The molecule has 0 aliphatic heterocycles. The lowest BCUT2D eigenvalue weighted by Crippen LogP contribution is -2.13. The van der Waals surface area contributed by atoms with Gasteiger partial charge in [0.1, 0.15) is 6.07 Å². The molecule has 0 unspecified atom stereocenters. The van der Waals surface area contributed by atoms with E-state index in [4.69, 9.17) is 11.0 Å². The average molecular weight is 303 g/mol. The Labute approximate surface area is 125 Å². The molecule has 0 saturated heterocycles. The third kappa shape index (κ3) is 4.02. The van der Waals surface area contributed by atoms with Gasteiger partial charge in [-0.15, -0.1) is 23.1 Å². The summed E-state index contributed by atoms with van der Waals surface area (Å²) in [7, 11) is 0. The zero-order valence-electron chi connectivity index (χ0n) is 10.6. The first-order valence-corrected chi connectivity index (χ1v) is 7.77. The van der Waals surface area contributed by atoms with Crippen molar-refractivity contribution in [3.8, 4) is 6.07 Å². The number of nitrogens with zero attached hydrogens (tertiary/aromatic N) is 1. The van der Waals surface area contributed by atoms with E-state index in [-0.39, 0.29) is 11.7 Å². The summed E-state index contributed by atoms with van der Waals surface area (Å²) in [4.78, 5) is 12.9. The smallest absolute Gasteiger partial charge is 0.227 e. The first-order chi connectivity index (χ1) is 9.69. The summed E-state index contributed by atoms with van der Waals surface area (Å²) in [6.45, 7) is 0.653. The molecule has 2 rings (SSSR count). The van der Waals surface area contributed by atoms with Crippen molar-refractivity contribution in [2.75, 3.05) is 11.1 Å². The van der Waals surface area contributed by atoms with Crippen molar-refractivity contribution in [1.29, 1.82) is 5.26 Å². The number of primary amides is 1. The third-order valence-electron chi connectivity index (χ3n) is 2.49. The number of rotatable bonds is 6. The Morgan fingerprint density at radius 1 is 1.45 bits per heavy atom. The van der Waals surface area contributed by atoms with Crippen LogP contribution >= 0.6 is 23.1 Å². The lowest BCUT2D eigenvalue weighted by atomic mass is 10.3. The largest absolute Gasteiger partial charge is 0.379 e. The first-order valence-electron chi connectivity index (χ1n) is 5.90. The van der Waals surface area contributed by atoms with Crippen molar-refractivity contribution in [1.82, 2.24) is 0 Å². The van der Waals surface area contributed by atoms with E-state index < -0.39 is 0 Å². The number of carbonyl (C=O) groups is 1. The van der Waals surface area contributed by atoms with Crippen LogP contribution < -0.4 is 11.1 Å². The minimum Gasteiger partial charge on any atom is -0.379 e. The van der Waals surface area contributed by atoms with E-state index in [0.717, 1.165) is 15.5 Å². The molecule has 0 spiro atoms. The number of nitrogens with one attached hydrogen (secondary N) is 1. The predicted octanol–water partition coefficient (Wildman–Crippen LogP) is 2.81. The van der Waals surface area contributed by atoms with Crippen LogP contribution in [0.25, 0.3) is 0 Å². The van der Waals surface area contributed by atoms with Crippen LogP contribution in [-0.4, -0.2) is 11.7 Å². The summed E-state index contributed by atoms with van der Waals surface area (Å²) in [5.41, 5.74) is 6.81. The Hall–Kier alpha value is -1.97. The standard InChI is InChI=1S/C14H13N3OS2/c15-6-10-5-11(19-8-10)7-17-12-3-1-2-4-13(12)20-9-14(16)18/h1-5,8,17H,7,9H2,(H2,16,18). The molecule has 0 saturated carbocycles. The SMILES string of the molecule is N#Cc1csc(CNc2ccccc2SCC(N)=O)c1. The van der Waals surface area contributed by atoms with Crippen molar-refractivity contribution >= 4 is 34.7 Å². The number of benzene rings is 1. The molecule has 102 valence electrons. The molecule has 0 atom stereocenters. The molecule has 0 radical (unpaired) electrons. The number of nitrogens with two attached hydrogens (primary N) is 1. The monoisotopic (exact) mass is 303 g/mol. The van der Waals surface area contributed by atoms with Gasteiger partial charge in [0, 0.05) is 27.4 Å². The van der Waals surface area contributed by atoms with Gasteiger partial charge < -0.3 is 11.1 Å². The molecular weight excluding hydrogens is 290 g/mol. The summed E-state index contributed by atoms with van der Waals surface area (Å²) in [5.74, 6) is -0.0715. The number of thioether (sulfide) groups is 1. The van der Waals surface area contributed by atoms with Gasteiger partial charge in [-0.1, -0.05) is 12.1 Å². The molecule has 4 nitrogen and oxygen atoms in total. The number of amides is 1. The highest BCUT2D eigenvalue weighted by Crippen LogP contribution is 2.27. The van der Waals surface area contributed by atoms with E-state index >= 15 is 0 Å². The highest BCUT2D eigenvalue weighted by atomic mass is 32.2. The van der Waals surface area contributed by atoms with E-state index in [1.807, 2.05) is 35.7 Å². The van der Waals surface area contributed by atoms with Crippen LogP contribution in [-0.2, 0) is 11.3 Å². The quantitative estimate of drug-likeness (QED) is 0.804. The minimum atomic E-state index is -0.332. The topological polar surface area (TPSA) is 78.9 Å². The van der Waals surface area contributed by atoms with Gasteiger partial charge in [0.15, 0.2) is 0 Å². The zero-order valence-corrected chi connectivity index (χ0v) is 12.3. The van der Waals surface area contributed by atoms with Crippen molar-refractivity contribution < 1.29 is 4.79 Å². The Bertz CT molecular complexity index is 646. The Kier molecular flexibility index (Phi) is 5.04. The minimum absolute atomic E-state index is 0.260. The zero-order chi connectivity index (χ0) is 14.4. The van der Waals surface area contributed by atoms with Crippen molar-refractivity contribution in [3.63, 3.8) is 0 Å². The Morgan fingerprint density at radius 2 is 2.25 bits per heavy atom. The van der Waals surface area contributed by atoms with Crippen LogP contribution in [0.15, 0.2) is 40.6 Å². The average Bonchev–Trinajstić information content (AvgIpc) is 2.91. The van der Waals surface area contributed by atoms with Gasteiger partial charge in [-0.05, 0) is 18.2 Å². The van der Waals surface area contributed by atoms with Crippen molar-refractivity contribution in [3.05, 3.63) is 46.2 Å². The summed E-state index contributed by atoms with van der Waals surface area (Å²) in [6, 6.07) is 11.8. The molecule has 1 aromatic carbocycles. The summed E-state index contributed by atoms with van der Waals surface area (Å²) in [5, 5.41) is 13.9. The van der Waals surface area contributed by atoms with Gasteiger partial charge in [0.25, 0.3) is 0 Å². The molecule has 6 heteroatoms. The van der Waals surface area contributed by atoms with Crippen molar-refractivity contribution in [2.45, 2.75) is 11.4 Å². The van der Waals surface area contributed by atoms with Crippen LogP contribution in [0.5, 0.6) is 0 Å². The number of anilines is 1. The Balaban J connectivity index is 2.01. The molecule has 1 amide bonds. The fourth-order valence-electron chi connectivity index (χ4n) is 1.60. The highest BCUT2D eigenvalue weighted by molar-refractivity contribution is 8.00. The van der Waals surface area contributed by atoms with Crippen LogP contribution in [0.4, 0.5) is 5.69 Å². The maximum Gasteiger partial charge on any atom is 0.227 e. The number of carbonyl (C=O) groups excluding carboxylic acids is 1. The summed E-state index contributed by atoms with van der Waals surface area (Å²) < 4.78 is 0. The molecule has 0 aliphatic rings. The van der Waals surface area contributed by atoms with E-state index in [1.165, 1.54) is 11.8 Å². The molecule has 0 aliphatic carbocycles. The van der Waals surface area contributed by atoms with E-state index in [9.17, 15) is 4.79 Å². The molecule has 1 aromatic heterocycles. The fraction of sp³-hybridized carbons (Fsp3) is 0.143. The fourth-order valence-corrected chi connectivity index (χ4v) is 3.12. The van der Waals surface area contributed by atoms with Gasteiger partial charge in [0.05, 0.1) is 11.3 Å². The maximum atomic E-state index is 10.9. The van der Waals surface area contributed by atoms with Crippen LogP contribution in [0.3, 0.4) is 0 Å². The first kappa shape index (κ1) is 14.4. The second-order valence-corrected chi connectivity index (χ2v) is 6.03. The second kappa shape index (κ2) is 6.98. The van der Waals surface area contributed by atoms with Gasteiger partial charge in [0.2, 0.25) is 5.91 Å². The predicted molar refractivity (Wildman–Crippen MR) is 82.7 cm³/mol. The van der Waals surface area contributed by atoms with Crippen LogP contribution in [0.1, 0.15) is 10.4 Å². The molecule has 0 bridgehead atoms. The van der Waals surface area contributed by atoms with E-state index in [1.54, 1.807) is 11.3 Å². The summed E-state index contributed by atoms with van der Waals surface area (Å²) in [6.07, 6.45) is 0. The second-order valence-electron chi connectivity index (χ2n) is 4.02. The van der Waals surface area contributed by atoms with Gasteiger partial charge >= 0.3 is 0 Å². The van der Waals surface area contributed by atoms with Crippen LogP contribution in [0, 0.1) is 11.3 Å². The third-order valence-corrected chi connectivity index (χ3v) is 4.53. The van der Waals surface area contributed by atoms with E-state index in [2.05, 4.69) is 11.4 Å². The van der Waals surface area contributed by atoms with E-state index in [0.29, 0.717) is 12.1 Å². The van der Waals surface area contributed by atoms with Gasteiger partial charge in [-0.2, -0.15) is 5.26 Å². The number of hydrogen-bond donors (Lipinski definition) is 2. The van der Waals surface area contributed by atoms with Gasteiger partial charge in [-0.25, -0.2) is 0 Å². The molecule has 0 fully saturated rings. The molecule has 2 aromatic rings. The number of thiophene rings is 1. The maximum absolute atomic E-state index is 10.9. The van der Waals surface area contributed by atoms with Crippen LogP contribution in [0.2, 0.25) is 0 Å². The summed E-state index contributed by atoms with van der Waals surface area (Å²) >= 11 is 2.97. The number of nitriles is 1. The molecular formula is C14H13N3OS2. The lowest BCUT2D eigenvalue weighted by molar-refractivity contribution is -0.115. The molecule has 1 heterocycles. The number of para-hydroxylation sites is 1. The lowest BCUT2D eigenvalue weighted by Gasteiger charge is -2.10. The Morgan fingerprint density at radius 3 is 2.95 bits per heavy atom. The highest BCUT2D eigenvalue weighted by Gasteiger charge is 2.05. The van der Waals surface area contributed by atoms with Gasteiger partial charge in [-0.3, -0.25) is 4.79 Å². The normalized spacial score (nSPS) is 9.95. The molecule has 3 N–H and O–H groups in total. The van der Waals surface area contributed by atoms with Crippen molar-refractivity contribution in [2.24, 2.45) is 5.73 Å².